The first-order chi connectivity index (χ1) is 18.1. The summed E-state index contributed by atoms with van der Waals surface area (Å²) in [6, 6.07) is 11.1. The molecule has 216 valence electrons. The van der Waals surface area contributed by atoms with E-state index < -0.39 is 17.3 Å². The van der Waals surface area contributed by atoms with Gasteiger partial charge in [-0.25, -0.2) is 20.0 Å². The molecule has 1 saturated heterocycles. The fourth-order valence-electron chi connectivity index (χ4n) is 3.34. The van der Waals surface area contributed by atoms with Crippen LogP contribution in [0.2, 0.25) is 0 Å². The van der Waals surface area contributed by atoms with Crippen LogP contribution in [0, 0.1) is 0 Å². The molecule has 1 fully saturated rings. The zero-order valence-corrected chi connectivity index (χ0v) is 26.9. The van der Waals surface area contributed by atoms with E-state index in [1.54, 1.807) is 58.2 Å². The molecule has 2 amide bonds. The minimum Gasteiger partial charge on any atom is -0.497 e. The van der Waals surface area contributed by atoms with Crippen molar-refractivity contribution in [2.24, 2.45) is 0 Å². The van der Waals surface area contributed by atoms with Gasteiger partial charge in [-0.3, -0.25) is 10.4 Å². The molecular weight excluding hydrogens is 636 g/mol. The van der Waals surface area contributed by atoms with Crippen LogP contribution < -0.4 is 25.3 Å². The molecule has 2 N–H and O–H groups in total. The van der Waals surface area contributed by atoms with Crippen molar-refractivity contribution >= 4 is 55.4 Å². The molecule has 2 aromatic carbocycles. The molecule has 2 aromatic rings. The lowest BCUT2D eigenvalue weighted by molar-refractivity contribution is 0.0273. The molecule has 0 unspecified atom stereocenters. The third-order valence-corrected chi connectivity index (χ3v) is 6.23. The van der Waals surface area contributed by atoms with Crippen molar-refractivity contribution in [1.82, 2.24) is 10.4 Å². The number of ether oxygens (including phenoxy) is 4. The van der Waals surface area contributed by atoms with Crippen molar-refractivity contribution in [3.63, 3.8) is 0 Å². The van der Waals surface area contributed by atoms with Gasteiger partial charge in [0.05, 0.1) is 25.6 Å². The van der Waals surface area contributed by atoms with Gasteiger partial charge in [0.2, 0.25) is 0 Å². The summed E-state index contributed by atoms with van der Waals surface area (Å²) >= 11 is 6.90. The molecule has 10 nitrogen and oxygen atoms in total. The Kier molecular flexibility index (Phi) is 11.6. The van der Waals surface area contributed by atoms with Crippen LogP contribution in [-0.2, 0) is 9.47 Å². The molecule has 12 heteroatoms. The zero-order valence-electron chi connectivity index (χ0n) is 23.7. The molecule has 0 saturated carbocycles. The van der Waals surface area contributed by atoms with E-state index in [1.807, 2.05) is 44.0 Å². The topological polar surface area (TPSA) is 102 Å². The first-order valence-electron chi connectivity index (χ1n) is 12.3. The number of rotatable bonds is 5. The molecule has 1 aliphatic rings. The van der Waals surface area contributed by atoms with Crippen LogP contribution in [0.25, 0.3) is 0 Å². The van der Waals surface area contributed by atoms with Gasteiger partial charge in [0, 0.05) is 22.0 Å². The standard InChI is InChI=1S/C15H21BrN2O3.C12H17BrN2O3/c1-15(2,3)21-14(19)18-9-5-8-17(18)13-7-6-11(20-4)10-12(13)16;1-12(2,3)18-11(16)15-14-10-6-5-8(17-4)7-9(10)13/h6-7,10H,5,8-9H2,1-4H3;5-7,14H,1-4H3,(H,15,16). The summed E-state index contributed by atoms with van der Waals surface area (Å²) in [4.78, 5) is 23.7. The van der Waals surface area contributed by atoms with E-state index in [9.17, 15) is 9.59 Å². The summed E-state index contributed by atoms with van der Waals surface area (Å²) < 4.78 is 22.5. The molecule has 39 heavy (non-hydrogen) atoms. The number of nitrogens with one attached hydrogen (secondary N) is 2. The first-order valence-corrected chi connectivity index (χ1v) is 13.9. The van der Waals surface area contributed by atoms with Gasteiger partial charge < -0.3 is 18.9 Å². The Bertz CT molecular complexity index is 1130. The molecule has 0 aromatic heterocycles. The maximum Gasteiger partial charge on any atom is 0.429 e. The van der Waals surface area contributed by atoms with E-state index in [-0.39, 0.29) is 6.09 Å². The second-order valence-corrected chi connectivity index (χ2v) is 12.2. The monoisotopic (exact) mass is 672 g/mol. The highest BCUT2D eigenvalue weighted by atomic mass is 79.9. The Morgan fingerprint density at radius 2 is 1.38 bits per heavy atom. The Morgan fingerprint density at radius 1 is 0.821 bits per heavy atom. The second-order valence-electron chi connectivity index (χ2n) is 10.5. The van der Waals surface area contributed by atoms with Crippen molar-refractivity contribution in [3.05, 3.63) is 45.3 Å². The highest BCUT2D eigenvalue weighted by Gasteiger charge is 2.31. The number of benzene rings is 2. The van der Waals surface area contributed by atoms with Crippen LogP contribution in [0.5, 0.6) is 11.5 Å². The number of hydrogen-bond donors (Lipinski definition) is 2. The number of anilines is 2. The van der Waals surface area contributed by atoms with Crippen molar-refractivity contribution in [2.75, 3.05) is 37.7 Å². The van der Waals surface area contributed by atoms with Gasteiger partial charge in [-0.1, -0.05) is 0 Å². The van der Waals surface area contributed by atoms with Crippen LogP contribution >= 0.6 is 31.9 Å². The van der Waals surface area contributed by atoms with Crippen molar-refractivity contribution in [1.29, 1.82) is 0 Å². The Hall–Kier alpha value is -2.86. The van der Waals surface area contributed by atoms with Gasteiger partial charge in [-0.05, 0) is 116 Å². The van der Waals surface area contributed by atoms with E-state index in [0.29, 0.717) is 12.2 Å². The molecule has 1 aliphatic heterocycles. The maximum absolute atomic E-state index is 12.3. The summed E-state index contributed by atoms with van der Waals surface area (Å²) in [5.41, 5.74) is 5.83. The van der Waals surface area contributed by atoms with E-state index >= 15 is 0 Å². The van der Waals surface area contributed by atoms with Crippen molar-refractivity contribution in [2.45, 2.75) is 59.2 Å². The third-order valence-electron chi connectivity index (χ3n) is 4.94. The number of nitrogens with zero attached hydrogens (tertiary/aromatic N) is 2. The fraction of sp³-hybridized carbons (Fsp3) is 0.481. The average Bonchev–Trinajstić information content (AvgIpc) is 3.31. The van der Waals surface area contributed by atoms with E-state index in [1.165, 1.54) is 0 Å². The van der Waals surface area contributed by atoms with E-state index in [4.69, 9.17) is 18.9 Å². The molecule has 0 aliphatic carbocycles. The minimum absolute atomic E-state index is 0.317. The predicted molar refractivity (Wildman–Crippen MR) is 159 cm³/mol. The lowest BCUT2D eigenvalue weighted by Crippen LogP contribution is -2.44. The fourth-order valence-corrected chi connectivity index (χ4v) is 4.36. The Balaban J connectivity index is 0.000000277. The zero-order chi connectivity index (χ0) is 29.4. The lowest BCUT2D eigenvalue weighted by atomic mass is 10.2. The van der Waals surface area contributed by atoms with Crippen LogP contribution in [0.15, 0.2) is 45.3 Å². The molecule has 3 rings (SSSR count). The normalized spacial score (nSPS) is 13.2. The van der Waals surface area contributed by atoms with E-state index in [2.05, 4.69) is 42.7 Å². The number of methoxy groups -OCH3 is 2. The molecular formula is C27H38Br2N4O6. The first kappa shape index (κ1) is 32.4. The smallest absolute Gasteiger partial charge is 0.429 e. The van der Waals surface area contributed by atoms with Crippen LogP contribution in [0.3, 0.4) is 0 Å². The Morgan fingerprint density at radius 3 is 1.90 bits per heavy atom. The SMILES string of the molecule is COc1ccc(N2CCCN2C(=O)OC(C)(C)C)c(Br)c1.COc1ccc(NNC(=O)OC(C)(C)C)c(Br)c1. The predicted octanol–water partition coefficient (Wildman–Crippen LogP) is 7.13. The summed E-state index contributed by atoms with van der Waals surface area (Å²) in [7, 11) is 3.22. The quantitative estimate of drug-likeness (QED) is 0.324. The van der Waals surface area contributed by atoms with Gasteiger partial charge in [-0.15, -0.1) is 0 Å². The number of carbonyl (C=O) groups excluding carboxylic acids is 2. The second kappa shape index (κ2) is 14.0. The largest absolute Gasteiger partial charge is 0.497 e. The molecule has 0 bridgehead atoms. The van der Waals surface area contributed by atoms with Crippen molar-refractivity contribution in [3.8, 4) is 11.5 Å². The number of hydrazine groups is 2. The number of halogens is 2. The maximum atomic E-state index is 12.3. The number of amides is 2. The lowest BCUT2D eigenvalue weighted by Gasteiger charge is -2.32. The van der Waals surface area contributed by atoms with Gasteiger partial charge in [0.15, 0.2) is 0 Å². The average molecular weight is 674 g/mol. The van der Waals surface area contributed by atoms with Gasteiger partial charge in [0.1, 0.15) is 22.7 Å². The third kappa shape index (κ3) is 10.7. The molecule has 0 spiro atoms. The van der Waals surface area contributed by atoms with Crippen LogP contribution in [-0.4, -0.2) is 55.7 Å². The molecule has 1 heterocycles. The van der Waals surface area contributed by atoms with Crippen LogP contribution in [0.4, 0.5) is 21.0 Å². The molecule has 0 atom stereocenters. The van der Waals surface area contributed by atoms with E-state index in [0.717, 1.165) is 39.1 Å². The summed E-state index contributed by atoms with van der Waals surface area (Å²) in [6.45, 7) is 12.5. The molecule has 0 radical (unpaired) electrons. The van der Waals surface area contributed by atoms with Crippen molar-refractivity contribution < 1.29 is 28.5 Å². The Labute approximate surface area is 247 Å². The minimum atomic E-state index is -0.537. The van der Waals surface area contributed by atoms with Gasteiger partial charge in [0.25, 0.3) is 0 Å². The number of hydrogen-bond acceptors (Lipinski definition) is 8. The highest BCUT2D eigenvalue weighted by Crippen LogP contribution is 2.33. The summed E-state index contributed by atoms with van der Waals surface area (Å²) in [5.74, 6) is 1.50. The van der Waals surface area contributed by atoms with Gasteiger partial charge >= 0.3 is 12.2 Å². The van der Waals surface area contributed by atoms with Gasteiger partial charge in [-0.2, -0.15) is 0 Å². The highest BCUT2D eigenvalue weighted by molar-refractivity contribution is 9.11. The van der Waals surface area contributed by atoms with Crippen LogP contribution in [0.1, 0.15) is 48.0 Å². The number of carbonyl (C=O) groups is 2. The summed E-state index contributed by atoms with van der Waals surface area (Å²) in [5, 5.41) is 3.59. The summed E-state index contributed by atoms with van der Waals surface area (Å²) in [6.07, 6.45) is 0.0606.